The molecule has 6 heteroatoms. The van der Waals surface area contributed by atoms with Crippen LogP contribution in [0, 0.1) is 0 Å². The van der Waals surface area contributed by atoms with E-state index in [9.17, 15) is 15.0 Å². The van der Waals surface area contributed by atoms with E-state index in [1.807, 2.05) is 10.8 Å². The molecular formula is C13H12ClNO3S. The summed E-state index contributed by atoms with van der Waals surface area (Å²) in [5.41, 5.74) is 0.937. The van der Waals surface area contributed by atoms with E-state index in [2.05, 4.69) is 5.32 Å². The first-order chi connectivity index (χ1) is 9.08. The van der Waals surface area contributed by atoms with Gasteiger partial charge < -0.3 is 15.5 Å². The predicted octanol–water partition coefficient (Wildman–Crippen LogP) is 2.57. The Bertz CT molecular complexity index is 571. The monoisotopic (exact) mass is 297 g/mol. The molecule has 0 bridgehead atoms. The van der Waals surface area contributed by atoms with E-state index in [1.54, 1.807) is 6.07 Å². The van der Waals surface area contributed by atoms with Crippen molar-refractivity contribution in [2.75, 3.05) is 6.54 Å². The van der Waals surface area contributed by atoms with Crippen molar-refractivity contribution < 1.29 is 15.0 Å². The summed E-state index contributed by atoms with van der Waals surface area (Å²) in [5.74, 6) is -0.469. The van der Waals surface area contributed by atoms with Crippen LogP contribution in [0.5, 0.6) is 5.75 Å². The number of rotatable bonds is 4. The summed E-state index contributed by atoms with van der Waals surface area (Å²) in [5, 5.41) is 25.7. The van der Waals surface area contributed by atoms with E-state index in [0.717, 1.165) is 5.56 Å². The summed E-state index contributed by atoms with van der Waals surface area (Å²) < 4.78 is 0. The number of hydrogen-bond acceptors (Lipinski definition) is 4. The van der Waals surface area contributed by atoms with Crippen molar-refractivity contribution in [1.29, 1.82) is 0 Å². The lowest BCUT2D eigenvalue weighted by molar-refractivity contribution is 0.0916. The number of aromatic hydroxyl groups is 1. The Labute approximate surface area is 119 Å². The van der Waals surface area contributed by atoms with Crippen LogP contribution in [-0.4, -0.2) is 22.7 Å². The molecule has 1 amide bonds. The summed E-state index contributed by atoms with van der Waals surface area (Å²) >= 11 is 7.35. The summed E-state index contributed by atoms with van der Waals surface area (Å²) in [6.45, 7) is 0.0849. The second-order valence-electron chi connectivity index (χ2n) is 3.95. The number of aliphatic hydroxyl groups excluding tert-OH is 1. The molecule has 3 N–H and O–H groups in total. The largest absolute Gasteiger partial charge is 0.508 e. The van der Waals surface area contributed by atoms with Crippen LogP contribution in [0.2, 0.25) is 5.02 Å². The molecule has 0 aliphatic heterocycles. The molecule has 0 aliphatic carbocycles. The van der Waals surface area contributed by atoms with Gasteiger partial charge in [-0.15, -0.1) is 0 Å². The molecule has 2 rings (SSSR count). The van der Waals surface area contributed by atoms with E-state index in [-0.39, 0.29) is 22.9 Å². The highest BCUT2D eigenvalue weighted by atomic mass is 35.5. The Balaban J connectivity index is 2.00. The SMILES string of the molecule is O=C(NCC(O)c1ccsc1)c1cc(O)ccc1Cl. The zero-order chi connectivity index (χ0) is 13.8. The Kier molecular flexibility index (Phi) is 4.42. The van der Waals surface area contributed by atoms with Gasteiger partial charge in [-0.1, -0.05) is 11.6 Å². The number of halogens is 1. The van der Waals surface area contributed by atoms with E-state index < -0.39 is 12.0 Å². The molecule has 1 unspecified atom stereocenters. The molecule has 1 aromatic heterocycles. The van der Waals surface area contributed by atoms with Crippen LogP contribution in [0.25, 0.3) is 0 Å². The number of phenolic OH excluding ortho intramolecular Hbond substituents is 1. The van der Waals surface area contributed by atoms with Gasteiger partial charge in [0.05, 0.1) is 16.7 Å². The lowest BCUT2D eigenvalue weighted by atomic mass is 10.1. The molecule has 100 valence electrons. The molecule has 0 saturated heterocycles. The van der Waals surface area contributed by atoms with Crippen molar-refractivity contribution in [3.8, 4) is 5.75 Å². The fraction of sp³-hybridized carbons (Fsp3) is 0.154. The highest BCUT2D eigenvalue weighted by molar-refractivity contribution is 7.07. The van der Waals surface area contributed by atoms with E-state index in [4.69, 9.17) is 11.6 Å². The molecule has 2 aromatic rings. The van der Waals surface area contributed by atoms with E-state index in [0.29, 0.717) is 0 Å². The minimum absolute atomic E-state index is 0.0343. The minimum Gasteiger partial charge on any atom is -0.508 e. The van der Waals surface area contributed by atoms with Gasteiger partial charge in [-0.3, -0.25) is 4.79 Å². The molecule has 0 fully saturated rings. The van der Waals surface area contributed by atoms with Crippen molar-refractivity contribution >= 4 is 28.8 Å². The molecule has 0 radical (unpaired) electrons. The van der Waals surface area contributed by atoms with Gasteiger partial charge in [0.25, 0.3) is 5.91 Å². The van der Waals surface area contributed by atoms with Gasteiger partial charge in [-0.05, 0) is 40.6 Å². The maximum Gasteiger partial charge on any atom is 0.253 e. The Morgan fingerprint density at radius 1 is 1.42 bits per heavy atom. The molecule has 0 saturated carbocycles. The van der Waals surface area contributed by atoms with Crippen molar-refractivity contribution in [2.45, 2.75) is 6.10 Å². The van der Waals surface area contributed by atoms with Crippen LogP contribution in [0.4, 0.5) is 0 Å². The predicted molar refractivity (Wildman–Crippen MR) is 74.7 cm³/mol. The number of carbonyl (C=O) groups is 1. The molecule has 0 spiro atoms. The molecule has 19 heavy (non-hydrogen) atoms. The van der Waals surface area contributed by atoms with Crippen molar-refractivity contribution in [1.82, 2.24) is 5.32 Å². The Morgan fingerprint density at radius 3 is 2.89 bits per heavy atom. The average molecular weight is 298 g/mol. The summed E-state index contributed by atoms with van der Waals surface area (Å²) in [6.07, 6.45) is -0.758. The normalized spacial score (nSPS) is 12.1. The maximum atomic E-state index is 11.9. The molecule has 1 heterocycles. The first kappa shape index (κ1) is 13.9. The summed E-state index contributed by atoms with van der Waals surface area (Å²) in [4.78, 5) is 11.9. The van der Waals surface area contributed by atoms with Gasteiger partial charge in [-0.2, -0.15) is 11.3 Å². The quantitative estimate of drug-likeness (QED) is 0.812. The smallest absolute Gasteiger partial charge is 0.253 e. The van der Waals surface area contributed by atoms with Crippen LogP contribution in [0.15, 0.2) is 35.0 Å². The Morgan fingerprint density at radius 2 is 2.21 bits per heavy atom. The van der Waals surface area contributed by atoms with Gasteiger partial charge in [0, 0.05) is 6.54 Å². The second kappa shape index (κ2) is 6.06. The second-order valence-corrected chi connectivity index (χ2v) is 5.13. The topological polar surface area (TPSA) is 69.6 Å². The lowest BCUT2D eigenvalue weighted by Gasteiger charge is -2.11. The number of thiophene rings is 1. The third-order valence-corrected chi connectivity index (χ3v) is 3.61. The number of benzene rings is 1. The van der Waals surface area contributed by atoms with Crippen molar-refractivity contribution in [3.05, 3.63) is 51.2 Å². The van der Waals surface area contributed by atoms with Gasteiger partial charge in [0.1, 0.15) is 5.75 Å². The first-order valence-corrected chi connectivity index (χ1v) is 6.87. The lowest BCUT2D eigenvalue weighted by Crippen LogP contribution is -2.28. The van der Waals surface area contributed by atoms with Gasteiger partial charge >= 0.3 is 0 Å². The van der Waals surface area contributed by atoms with Gasteiger partial charge in [-0.25, -0.2) is 0 Å². The van der Waals surface area contributed by atoms with Gasteiger partial charge in [0.2, 0.25) is 0 Å². The highest BCUT2D eigenvalue weighted by Crippen LogP contribution is 2.21. The number of phenols is 1. The number of carbonyl (C=O) groups excluding carboxylic acids is 1. The number of hydrogen-bond donors (Lipinski definition) is 3. The van der Waals surface area contributed by atoms with Crippen LogP contribution in [-0.2, 0) is 0 Å². The van der Waals surface area contributed by atoms with Crippen LogP contribution < -0.4 is 5.32 Å². The number of amides is 1. The number of nitrogens with one attached hydrogen (secondary N) is 1. The van der Waals surface area contributed by atoms with Crippen LogP contribution in [0.1, 0.15) is 22.0 Å². The molecule has 0 aliphatic rings. The molecule has 1 aromatic carbocycles. The van der Waals surface area contributed by atoms with E-state index in [1.165, 1.54) is 29.5 Å². The molecule has 1 atom stereocenters. The standard InChI is InChI=1S/C13H12ClNO3S/c14-11-2-1-9(16)5-10(11)13(18)15-6-12(17)8-3-4-19-7-8/h1-5,7,12,16-17H,6H2,(H,15,18). The van der Waals surface area contributed by atoms with E-state index >= 15 is 0 Å². The zero-order valence-corrected chi connectivity index (χ0v) is 11.4. The van der Waals surface area contributed by atoms with Crippen molar-refractivity contribution in [2.24, 2.45) is 0 Å². The summed E-state index contributed by atoms with van der Waals surface area (Å²) in [6, 6.07) is 5.93. The molecular weight excluding hydrogens is 286 g/mol. The third kappa shape index (κ3) is 3.47. The highest BCUT2D eigenvalue weighted by Gasteiger charge is 2.14. The maximum absolute atomic E-state index is 11.9. The zero-order valence-electron chi connectivity index (χ0n) is 9.84. The fourth-order valence-corrected chi connectivity index (χ4v) is 2.46. The van der Waals surface area contributed by atoms with Gasteiger partial charge in [0.15, 0.2) is 0 Å². The third-order valence-electron chi connectivity index (χ3n) is 2.58. The van der Waals surface area contributed by atoms with Crippen molar-refractivity contribution in [3.63, 3.8) is 0 Å². The fourth-order valence-electron chi connectivity index (χ4n) is 1.55. The minimum atomic E-state index is -0.758. The first-order valence-electron chi connectivity index (χ1n) is 5.55. The molecule has 4 nitrogen and oxygen atoms in total. The average Bonchev–Trinajstić information content (AvgIpc) is 2.92. The number of aliphatic hydroxyl groups is 1. The Hall–Kier alpha value is -1.56. The van der Waals surface area contributed by atoms with Crippen LogP contribution in [0.3, 0.4) is 0 Å². The van der Waals surface area contributed by atoms with Crippen LogP contribution >= 0.6 is 22.9 Å². The summed E-state index contributed by atoms with van der Waals surface area (Å²) in [7, 11) is 0.